The summed E-state index contributed by atoms with van der Waals surface area (Å²) in [6, 6.07) is 17.7. The molecule has 7 rings (SSSR count). The zero-order valence-electron chi connectivity index (χ0n) is 31.9. The SMILES string of the molecule is Fc1c(F)c(F)c([B-](c2c(F)c(F)c(F)c(F)c2F)(c2c(F)c(F)c(F)c(F)c2F)c2c(F)c(F)c(F)c(F)c2F)c(F)c1F.O=C(O)c1ccc2ccc[n+](CC(=O)c3ccccc3)c2c1. The van der Waals surface area contributed by atoms with Gasteiger partial charge < -0.3 is 5.11 Å². The summed E-state index contributed by atoms with van der Waals surface area (Å²) in [5.41, 5.74) is -12.8. The maximum absolute atomic E-state index is 15.4. The summed E-state index contributed by atoms with van der Waals surface area (Å²) in [7, 11) is 0. The number of carbonyl (C=O) groups is 2. The van der Waals surface area contributed by atoms with E-state index in [1.807, 2.05) is 30.3 Å². The predicted octanol–water partition coefficient (Wildman–Crippen LogP) is 8.55. The van der Waals surface area contributed by atoms with E-state index in [1.54, 1.807) is 41.1 Å². The van der Waals surface area contributed by atoms with Crippen molar-refractivity contribution in [3.63, 3.8) is 0 Å². The van der Waals surface area contributed by atoms with Gasteiger partial charge in [-0.1, -0.05) is 30.3 Å². The monoisotopic (exact) mass is 971 g/mol. The van der Waals surface area contributed by atoms with Gasteiger partial charge in [-0.05, 0) is 18.2 Å². The fourth-order valence-corrected chi connectivity index (χ4v) is 7.28. The van der Waals surface area contributed by atoms with E-state index in [4.69, 9.17) is 5.11 Å². The van der Waals surface area contributed by atoms with Crippen molar-refractivity contribution in [1.29, 1.82) is 0 Å². The van der Waals surface area contributed by atoms with E-state index in [0.717, 1.165) is 10.9 Å². The van der Waals surface area contributed by atoms with Crippen LogP contribution in [0.4, 0.5) is 87.8 Å². The Morgan fingerprint density at radius 3 is 1.01 bits per heavy atom. The van der Waals surface area contributed by atoms with Gasteiger partial charge in [0.1, 0.15) is 52.7 Å². The highest BCUT2D eigenvalue weighted by Crippen LogP contribution is 2.31. The highest BCUT2D eigenvalue weighted by molar-refractivity contribution is 7.20. The quantitative estimate of drug-likeness (QED) is 0.0415. The van der Waals surface area contributed by atoms with Crippen molar-refractivity contribution in [3.05, 3.63) is 194 Å². The van der Waals surface area contributed by atoms with E-state index < -0.39 is 150 Å². The second kappa shape index (κ2) is 18.1. The number of carboxylic acids is 1. The molecule has 0 spiro atoms. The third-order valence-corrected chi connectivity index (χ3v) is 10.2. The first-order valence-corrected chi connectivity index (χ1v) is 17.8. The van der Waals surface area contributed by atoms with Gasteiger partial charge in [-0.25, -0.2) is 92.6 Å². The third-order valence-electron chi connectivity index (χ3n) is 10.2. The molecule has 1 heterocycles. The number of benzene rings is 6. The molecule has 67 heavy (non-hydrogen) atoms. The molecule has 1 aromatic heterocycles. The Kier molecular flexibility index (Phi) is 13.2. The van der Waals surface area contributed by atoms with Crippen molar-refractivity contribution in [3.8, 4) is 0 Å². The fraction of sp³-hybridized carbons (Fsp3) is 0.0238. The number of ketones is 1. The van der Waals surface area contributed by atoms with Crippen LogP contribution < -0.4 is 26.4 Å². The molecule has 0 bridgehead atoms. The number of fused-ring (bicyclic) bond motifs is 1. The smallest absolute Gasteiger partial charge is 0.335 e. The number of carboxylic acid groups (broad SMARTS) is 1. The molecular weight excluding hydrogens is 957 g/mol. The number of rotatable bonds is 8. The van der Waals surface area contributed by atoms with Crippen LogP contribution in [0.15, 0.2) is 66.9 Å². The summed E-state index contributed by atoms with van der Waals surface area (Å²) in [5, 5.41) is 10.0. The number of Topliss-reactive ketones (excluding diaryl/α,β-unsaturated/α-hetero) is 1. The Labute approximate surface area is 358 Å². The van der Waals surface area contributed by atoms with Crippen molar-refractivity contribution in [2.75, 3.05) is 0 Å². The number of halogens is 20. The van der Waals surface area contributed by atoms with Crippen LogP contribution in [0.2, 0.25) is 0 Å². The summed E-state index contributed by atoms with van der Waals surface area (Å²) in [5.74, 6) is -72.4. The van der Waals surface area contributed by atoms with Gasteiger partial charge in [0.25, 0.3) is 0 Å². The molecule has 0 aliphatic rings. The average Bonchev–Trinajstić information content (AvgIpc) is 3.31. The number of aromatic carboxylic acids is 1. The Bertz CT molecular complexity index is 2840. The second-order valence-corrected chi connectivity index (χ2v) is 13.8. The lowest BCUT2D eigenvalue weighted by Crippen LogP contribution is -2.81. The lowest BCUT2D eigenvalue weighted by atomic mass is 9.12. The standard InChI is InChI=1S/C24BF20.C18H13NO3/c26-5-1(6(27)14(35)21(42)13(5)34)25(2-7(28)15(36)22(43)16(37)8(2)29,3-9(30)17(38)23(44)18(39)10(3)31)4-11(32)19(40)24(45)20(41)12(4)33;20-17(14-5-2-1-3-6-14)12-19-10-4-7-13-8-9-15(18(21)22)11-16(13)19/h;1-11H,12H2/q-1;/p+1. The van der Waals surface area contributed by atoms with Crippen molar-refractivity contribution in [2.45, 2.75) is 6.54 Å². The first-order valence-electron chi connectivity index (χ1n) is 17.8. The largest absolute Gasteiger partial charge is 0.478 e. The van der Waals surface area contributed by atoms with Gasteiger partial charge >= 0.3 is 5.97 Å². The van der Waals surface area contributed by atoms with Gasteiger partial charge in [0.05, 0.1) is 5.56 Å². The van der Waals surface area contributed by atoms with Crippen molar-refractivity contribution >= 4 is 50.7 Å². The van der Waals surface area contributed by atoms with Crippen LogP contribution in [0, 0.1) is 116 Å². The third kappa shape index (κ3) is 7.73. The highest BCUT2D eigenvalue weighted by Gasteiger charge is 2.52. The molecule has 348 valence electrons. The molecule has 0 fully saturated rings. The van der Waals surface area contributed by atoms with Gasteiger partial charge in [-0.3, -0.25) is 4.79 Å². The maximum atomic E-state index is 15.4. The maximum Gasteiger partial charge on any atom is 0.335 e. The second-order valence-electron chi connectivity index (χ2n) is 13.8. The van der Waals surface area contributed by atoms with Gasteiger partial charge in [-0.2, -0.15) is 4.57 Å². The zero-order valence-corrected chi connectivity index (χ0v) is 31.9. The molecular formula is C42H14BF20NO3. The molecule has 0 saturated carbocycles. The first kappa shape index (κ1) is 49.0. The molecule has 1 N–H and O–H groups in total. The Morgan fingerprint density at radius 2 is 0.701 bits per heavy atom. The molecule has 4 nitrogen and oxygen atoms in total. The molecule has 7 aromatic rings. The van der Waals surface area contributed by atoms with Gasteiger partial charge in [0.15, 0.2) is 76.0 Å². The lowest BCUT2D eigenvalue weighted by Gasteiger charge is -2.44. The number of aromatic nitrogens is 1. The number of hydrogen-bond donors (Lipinski definition) is 1. The summed E-state index contributed by atoms with van der Waals surface area (Å²) >= 11 is 0. The van der Waals surface area contributed by atoms with Crippen LogP contribution in [0.3, 0.4) is 0 Å². The molecule has 0 radical (unpaired) electrons. The van der Waals surface area contributed by atoms with E-state index in [0.29, 0.717) is 5.56 Å². The topological polar surface area (TPSA) is 58.2 Å². The molecule has 0 unspecified atom stereocenters. The minimum atomic E-state index is -7.22. The van der Waals surface area contributed by atoms with E-state index in [2.05, 4.69) is 0 Å². The van der Waals surface area contributed by atoms with Gasteiger partial charge in [0.2, 0.25) is 17.8 Å². The van der Waals surface area contributed by atoms with Crippen molar-refractivity contribution < 1.29 is 107 Å². The van der Waals surface area contributed by atoms with Crippen LogP contribution in [0.25, 0.3) is 10.9 Å². The minimum absolute atomic E-state index is 0.0150. The van der Waals surface area contributed by atoms with Crippen LogP contribution in [0.1, 0.15) is 20.7 Å². The van der Waals surface area contributed by atoms with E-state index in [-0.39, 0.29) is 17.9 Å². The minimum Gasteiger partial charge on any atom is -0.478 e. The van der Waals surface area contributed by atoms with Crippen LogP contribution in [-0.2, 0) is 6.54 Å². The summed E-state index contributed by atoms with van der Waals surface area (Å²) < 4.78 is 296. The number of carbonyl (C=O) groups excluding carboxylic acids is 1. The number of nitrogens with zero attached hydrogens (tertiary/aromatic N) is 1. The molecule has 0 aliphatic heterocycles. The van der Waals surface area contributed by atoms with Gasteiger partial charge in [0, 0.05) is 23.1 Å². The van der Waals surface area contributed by atoms with Crippen molar-refractivity contribution in [2.24, 2.45) is 0 Å². The normalized spacial score (nSPS) is 11.5. The highest BCUT2D eigenvalue weighted by atomic mass is 19.2. The predicted molar refractivity (Wildman–Crippen MR) is 191 cm³/mol. The Hall–Kier alpha value is -7.47. The molecule has 25 heteroatoms. The average molecular weight is 971 g/mol. The van der Waals surface area contributed by atoms with E-state index in [9.17, 15) is 62.3 Å². The molecule has 0 amide bonds. The fourth-order valence-electron chi connectivity index (χ4n) is 7.28. The summed E-state index contributed by atoms with van der Waals surface area (Å²) in [6.07, 6.45) is -5.43. The number of hydrogen-bond acceptors (Lipinski definition) is 2. The van der Waals surface area contributed by atoms with Crippen molar-refractivity contribution in [1.82, 2.24) is 0 Å². The molecule has 0 saturated heterocycles. The molecule has 0 aliphatic carbocycles. The van der Waals surface area contributed by atoms with Crippen LogP contribution >= 0.6 is 0 Å². The lowest BCUT2D eigenvalue weighted by molar-refractivity contribution is -0.657. The Balaban J connectivity index is 0.000000279. The Morgan fingerprint density at radius 1 is 0.388 bits per heavy atom. The molecule has 6 aromatic carbocycles. The summed E-state index contributed by atoms with van der Waals surface area (Å²) in [6.45, 7) is 0.171. The zero-order chi connectivity index (χ0) is 49.9. The van der Waals surface area contributed by atoms with Crippen LogP contribution in [-0.4, -0.2) is 23.0 Å². The summed E-state index contributed by atoms with van der Waals surface area (Å²) in [4.78, 5) is 23.5. The number of pyridine rings is 1. The van der Waals surface area contributed by atoms with Crippen LogP contribution in [0.5, 0.6) is 0 Å². The molecule has 0 atom stereocenters. The van der Waals surface area contributed by atoms with Gasteiger partial charge in [-0.15, -0.1) is 21.9 Å². The first-order chi connectivity index (χ1) is 31.3. The van der Waals surface area contributed by atoms with E-state index >= 15 is 35.1 Å². The van der Waals surface area contributed by atoms with E-state index in [1.165, 1.54) is 0 Å².